The molecule has 182 valence electrons. The van der Waals surface area contributed by atoms with Gasteiger partial charge in [0.1, 0.15) is 11.5 Å². The van der Waals surface area contributed by atoms with Gasteiger partial charge in [-0.3, -0.25) is 0 Å². The highest BCUT2D eigenvalue weighted by Crippen LogP contribution is 2.39. The number of hydrogen-bond acceptors (Lipinski definition) is 6. The van der Waals surface area contributed by atoms with Crippen LogP contribution in [0.1, 0.15) is 36.5 Å². The topological polar surface area (TPSA) is 86.6 Å². The number of urea groups is 1. The molecule has 1 atom stereocenters. The van der Waals surface area contributed by atoms with Crippen LogP contribution in [-0.4, -0.2) is 68.4 Å². The number of methoxy groups -OCH3 is 2. The molecule has 2 heterocycles. The Labute approximate surface area is 199 Å². The van der Waals surface area contributed by atoms with Crippen LogP contribution in [0.25, 0.3) is 0 Å². The van der Waals surface area contributed by atoms with Crippen molar-refractivity contribution in [3.8, 4) is 11.5 Å². The number of benzene rings is 2. The molecule has 0 aliphatic carbocycles. The predicted molar refractivity (Wildman–Crippen MR) is 128 cm³/mol. The third kappa shape index (κ3) is 4.40. The third-order valence-corrected chi connectivity index (χ3v) is 6.48. The van der Waals surface area contributed by atoms with Crippen molar-refractivity contribution < 1.29 is 23.8 Å². The Balaban J connectivity index is 1.85. The summed E-state index contributed by atoms with van der Waals surface area (Å²) in [6.45, 7) is 3.39. The summed E-state index contributed by atoms with van der Waals surface area (Å²) in [5, 5.41) is 18.5. The molecule has 0 saturated carbocycles. The van der Waals surface area contributed by atoms with Crippen LogP contribution in [0.2, 0.25) is 0 Å². The van der Waals surface area contributed by atoms with Gasteiger partial charge in [0.05, 0.1) is 31.9 Å². The zero-order chi connectivity index (χ0) is 24.4. The summed E-state index contributed by atoms with van der Waals surface area (Å²) < 4.78 is 26.3. The van der Waals surface area contributed by atoms with Gasteiger partial charge >= 0.3 is 6.03 Å². The first-order valence-electron chi connectivity index (χ1n) is 11.4. The number of fused-ring (bicyclic) bond motifs is 1. The molecule has 1 fully saturated rings. The molecule has 1 unspecified atom stereocenters. The van der Waals surface area contributed by atoms with Crippen LogP contribution in [0.15, 0.2) is 35.4 Å². The van der Waals surface area contributed by atoms with E-state index in [1.807, 2.05) is 31.2 Å². The van der Waals surface area contributed by atoms with E-state index in [1.54, 1.807) is 0 Å². The molecule has 2 N–H and O–H groups in total. The quantitative estimate of drug-likeness (QED) is 0.717. The van der Waals surface area contributed by atoms with E-state index < -0.39 is 5.82 Å². The lowest BCUT2D eigenvalue weighted by Gasteiger charge is -2.31. The van der Waals surface area contributed by atoms with Gasteiger partial charge in [0.2, 0.25) is 0 Å². The van der Waals surface area contributed by atoms with Gasteiger partial charge in [-0.25, -0.2) is 14.2 Å². The normalized spacial score (nSPS) is 18.6. The minimum absolute atomic E-state index is 0.248. The van der Waals surface area contributed by atoms with Crippen molar-refractivity contribution >= 4 is 17.4 Å². The number of amides is 2. The molecule has 0 aromatic heterocycles. The first-order valence-corrected chi connectivity index (χ1v) is 11.4. The number of carbonyl (C=O) groups excluding carboxylic acids is 1. The summed E-state index contributed by atoms with van der Waals surface area (Å²) in [4.78, 5) is 14.9. The Morgan fingerprint density at radius 2 is 1.85 bits per heavy atom. The third-order valence-electron chi connectivity index (χ3n) is 6.48. The second-order valence-corrected chi connectivity index (χ2v) is 8.61. The molecule has 2 aliphatic heterocycles. The Morgan fingerprint density at radius 3 is 2.44 bits per heavy atom. The molecule has 34 heavy (non-hydrogen) atoms. The molecule has 0 bridgehead atoms. The molecule has 2 amide bonds. The first kappa shape index (κ1) is 23.8. The Kier molecular flexibility index (Phi) is 6.92. The molecule has 2 aromatic carbocycles. The van der Waals surface area contributed by atoms with Crippen LogP contribution in [0, 0.1) is 5.82 Å². The molecule has 2 aliphatic rings. The predicted octanol–water partition coefficient (Wildman–Crippen LogP) is 3.14. The number of ether oxygens (including phenoxy) is 2. The van der Waals surface area contributed by atoms with Crippen molar-refractivity contribution in [2.45, 2.75) is 38.3 Å². The molecule has 0 spiro atoms. The van der Waals surface area contributed by atoms with E-state index in [0.29, 0.717) is 22.6 Å². The second-order valence-electron chi connectivity index (χ2n) is 8.61. The van der Waals surface area contributed by atoms with Gasteiger partial charge < -0.3 is 24.8 Å². The number of piperidine rings is 1. The van der Waals surface area contributed by atoms with Crippen molar-refractivity contribution in [1.82, 2.24) is 10.3 Å². The number of nitrogens with one attached hydrogen (secondary N) is 1. The van der Waals surface area contributed by atoms with Gasteiger partial charge in [-0.05, 0) is 38.3 Å². The Hall–Kier alpha value is -3.33. The summed E-state index contributed by atoms with van der Waals surface area (Å²) in [5.41, 5.74) is 3.08. The average Bonchev–Trinajstić information content (AvgIpc) is 3.01. The smallest absolute Gasteiger partial charge is 0.337 e. The lowest BCUT2D eigenvalue weighted by molar-refractivity contribution is 0.145. The standard InChI is InChI=1S/C25H31FN4O4/c1-15-13-19-20(26)14-21(33-3)24(34-4)22(19)23(28-30(15)25(32)27-2)16-5-7-17(8-6-16)29-11-9-18(31)10-12-29/h5-8,14-15,18,31H,9-13H2,1-4H3,(H,27,32). The van der Waals surface area contributed by atoms with Crippen LogP contribution < -0.4 is 19.7 Å². The average molecular weight is 471 g/mol. The van der Waals surface area contributed by atoms with Gasteiger partial charge in [0, 0.05) is 43.0 Å². The number of aliphatic hydroxyl groups excluding tert-OH is 1. The number of nitrogens with zero attached hydrogens (tertiary/aromatic N) is 3. The van der Waals surface area contributed by atoms with Gasteiger partial charge in [0.25, 0.3) is 0 Å². The van der Waals surface area contributed by atoms with E-state index in [4.69, 9.17) is 14.6 Å². The van der Waals surface area contributed by atoms with Crippen LogP contribution in [0.4, 0.5) is 14.9 Å². The molecular weight excluding hydrogens is 439 g/mol. The number of halogens is 1. The maximum atomic E-state index is 15.3. The number of hydrazone groups is 1. The zero-order valence-electron chi connectivity index (χ0n) is 20.0. The fourth-order valence-electron chi connectivity index (χ4n) is 4.61. The number of carbonyl (C=O) groups is 1. The van der Waals surface area contributed by atoms with E-state index in [1.165, 1.54) is 32.3 Å². The summed E-state index contributed by atoms with van der Waals surface area (Å²) in [5.74, 6) is 0.197. The van der Waals surface area contributed by atoms with E-state index in [2.05, 4.69) is 10.2 Å². The summed E-state index contributed by atoms with van der Waals surface area (Å²) in [6, 6.07) is 8.34. The van der Waals surface area contributed by atoms with Crippen LogP contribution in [0.3, 0.4) is 0 Å². The maximum Gasteiger partial charge on any atom is 0.337 e. The summed E-state index contributed by atoms with van der Waals surface area (Å²) in [6.07, 6.45) is 1.48. The molecule has 2 aromatic rings. The number of aliphatic hydroxyl groups is 1. The molecule has 1 saturated heterocycles. The monoisotopic (exact) mass is 470 g/mol. The molecule has 8 nitrogen and oxygen atoms in total. The lowest BCUT2D eigenvalue weighted by Crippen LogP contribution is -2.41. The van der Waals surface area contributed by atoms with Gasteiger partial charge in [-0.1, -0.05) is 12.1 Å². The van der Waals surface area contributed by atoms with Crippen LogP contribution in [0.5, 0.6) is 11.5 Å². The SMILES string of the molecule is CNC(=O)N1N=C(c2ccc(N3CCC(O)CC3)cc2)c2c(c(F)cc(OC)c2OC)CC1C. The minimum atomic E-state index is -0.436. The highest BCUT2D eigenvalue weighted by molar-refractivity contribution is 6.16. The van der Waals surface area contributed by atoms with E-state index in [9.17, 15) is 9.90 Å². The zero-order valence-corrected chi connectivity index (χ0v) is 20.0. The first-order chi connectivity index (χ1) is 16.4. The highest BCUT2D eigenvalue weighted by atomic mass is 19.1. The largest absolute Gasteiger partial charge is 0.493 e. The van der Waals surface area contributed by atoms with E-state index >= 15 is 4.39 Å². The maximum absolute atomic E-state index is 15.3. The fourth-order valence-corrected chi connectivity index (χ4v) is 4.61. The number of anilines is 1. The van der Waals surface area contributed by atoms with Crippen molar-refractivity contribution in [2.24, 2.45) is 5.10 Å². The Bertz CT molecular complexity index is 1080. The van der Waals surface area contributed by atoms with E-state index in [0.717, 1.165) is 37.2 Å². The van der Waals surface area contributed by atoms with Crippen LogP contribution >= 0.6 is 0 Å². The molecular formula is C25H31FN4O4. The summed E-state index contributed by atoms with van der Waals surface area (Å²) in [7, 11) is 4.50. The highest BCUT2D eigenvalue weighted by Gasteiger charge is 2.32. The van der Waals surface area contributed by atoms with Crippen molar-refractivity contribution in [3.05, 3.63) is 52.8 Å². The number of hydrogen-bond donors (Lipinski definition) is 2. The van der Waals surface area contributed by atoms with Crippen molar-refractivity contribution in [1.29, 1.82) is 0 Å². The molecule has 9 heteroatoms. The van der Waals surface area contributed by atoms with Crippen LogP contribution in [-0.2, 0) is 6.42 Å². The minimum Gasteiger partial charge on any atom is -0.493 e. The molecule has 0 radical (unpaired) electrons. The van der Waals surface area contributed by atoms with Crippen molar-refractivity contribution in [3.63, 3.8) is 0 Å². The van der Waals surface area contributed by atoms with Gasteiger partial charge in [-0.2, -0.15) is 5.10 Å². The second kappa shape index (κ2) is 9.89. The van der Waals surface area contributed by atoms with Gasteiger partial charge in [0.15, 0.2) is 11.5 Å². The fraction of sp³-hybridized carbons (Fsp3) is 0.440. The Morgan fingerprint density at radius 1 is 1.18 bits per heavy atom. The van der Waals surface area contributed by atoms with E-state index in [-0.39, 0.29) is 30.3 Å². The van der Waals surface area contributed by atoms with Crippen molar-refractivity contribution in [2.75, 3.05) is 39.3 Å². The summed E-state index contributed by atoms with van der Waals surface area (Å²) >= 11 is 0. The van der Waals surface area contributed by atoms with Gasteiger partial charge in [-0.15, -0.1) is 0 Å². The lowest BCUT2D eigenvalue weighted by atomic mass is 9.92. The number of rotatable bonds is 4. The molecule has 4 rings (SSSR count).